The van der Waals surface area contributed by atoms with Crippen LogP contribution in [0.4, 0.5) is 0 Å². The number of hydrogen-bond donors (Lipinski definition) is 1. The monoisotopic (exact) mass is 256 g/mol. The van der Waals surface area contributed by atoms with Crippen LogP contribution in [0.3, 0.4) is 0 Å². The van der Waals surface area contributed by atoms with Crippen molar-refractivity contribution in [1.82, 2.24) is 10.2 Å². The Hall–Kier alpha value is -0.120. The Balaban J connectivity index is 2.40. The first-order chi connectivity index (χ1) is 8.63. The highest BCUT2D eigenvalue weighted by molar-refractivity contribution is 4.82. The van der Waals surface area contributed by atoms with Crippen LogP contribution in [0.1, 0.15) is 47.0 Å². The van der Waals surface area contributed by atoms with Gasteiger partial charge in [-0.25, -0.2) is 0 Å². The molecule has 0 bridgehead atoms. The summed E-state index contributed by atoms with van der Waals surface area (Å²) in [6.45, 7) is 15.7. The first kappa shape index (κ1) is 15.9. The van der Waals surface area contributed by atoms with Gasteiger partial charge < -0.3 is 10.1 Å². The number of rotatable bonds is 8. The Labute approximate surface area is 113 Å². The van der Waals surface area contributed by atoms with Crippen molar-refractivity contribution >= 4 is 0 Å². The molecule has 0 aromatic rings. The molecule has 0 radical (unpaired) electrons. The molecule has 18 heavy (non-hydrogen) atoms. The van der Waals surface area contributed by atoms with E-state index in [4.69, 9.17) is 4.74 Å². The van der Waals surface area contributed by atoms with Crippen molar-refractivity contribution in [1.29, 1.82) is 0 Å². The van der Waals surface area contributed by atoms with Gasteiger partial charge in [0.05, 0.1) is 12.7 Å². The van der Waals surface area contributed by atoms with Gasteiger partial charge >= 0.3 is 0 Å². The maximum atomic E-state index is 5.75. The van der Waals surface area contributed by atoms with Crippen molar-refractivity contribution in [3.63, 3.8) is 0 Å². The molecule has 1 N–H and O–H groups in total. The molecule has 1 aliphatic heterocycles. The molecule has 2 atom stereocenters. The SMILES string of the molecule is CCCNCC(C)(CC)CN1CCOC(CC)C1. The first-order valence-electron chi connectivity index (χ1n) is 7.68. The normalized spacial score (nSPS) is 25.0. The van der Waals surface area contributed by atoms with E-state index >= 15 is 0 Å². The molecule has 108 valence electrons. The lowest BCUT2D eigenvalue weighted by atomic mass is 9.86. The maximum Gasteiger partial charge on any atom is 0.0700 e. The van der Waals surface area contributed by atoms with Crippen molar-refractivity contribution in [2.45, 2.75) is 53.1 Å². The maximum absolute atomic E-state index is 5.75. The number of morpholine rings is 1. The molecule has 1 fully saturated rings. The van der Waals surface area contributed by atoms with E-state index < -0.39 is 0 Å². The fourth-order valence-electron chi connectivity index (χ4n) is 2.57. The third-order valence-corrected chi connectivity index (χ3v) is 4.12. The highest BCUT2D eigenvalue weighted by atomic mass is 16.5. The van der Waals surface area contributed by atoms with Crippen LogP contribution in [0.2, 0.25) is 0 Å². The largest absolute Gasteiger partial charge is 0.376 e. The molecule has 0 saturated carbocycles. The summed E-state index contributed by atoms with van der Waals surface area (Å²) >= 11 is 0. The summed E-state index contributed by atoms with van der Waals surface area (Å²) in [6.07, 6.45) is 4.03. The second-order valence-corrected chi connectivity index (χ2v) is 5.98. The molecule has 0 aromatic heterocycles. The fourth-order valence-corrected chi connectivity index (χ4v) is 2.57. The molecule has 3 heteroatoms. The molecular formula is C15H32N2O. The summed E-state index contributed by atoms with van der Waals surface area (Å²) < 4.78 is 5.75. The van der Waals surface area contributed by atoms with Crippen molar-refractivity contribution in [2.75, 3.05) is 39.3 Å². The van der Waals surface area contributed by atoms with Gasteiger partial charge in [-0.1, -0.05) is 27.7 Å². The summed E-state index contributed by atoms with van der Waals surface area (Å²) in [5.74, 6) is 0. The average Bonchev–Trinajstić information content (AvgIpc) is 2.39. The van der Waals surface area contributed by atoms with Crippen LogP contribution in [0.15, 0.2) is 0 Å². The summed E-state index contributed by atoms with van der Waals surface area (Å²) in [5, 5.41) is 3.58. The van der Waals surface area contributed by atoms with Crippen molar-refractivity contribution in [3.05, 3.63) is 0 Å². The Morgan fingerprint density at radius 2 is 2.11 bits per heavy atom. The standard InChI is InChI=1S/C15H32N2O/c1-5-8-16-12-15(4,7-3)13-17-9-10-18-14(6-2)11-17/h14,16H,5-13H2,1-4H3. The molecule has 1 saturated heterocycles. The zero-order chi connectivity index (χ0) is 13.4. The van der Waals surface area contributed by atoms with Crippen molar-refractivity contribution in [2.24, 2.45) is 5.41 Å². The van der Waals surface area contributed by atoms with E-state index in [1.807, 2.05) is 0 Å². The molecular weight excluding hydrogens is 224 g/mol. The molecule has 0 aromatic carbocycles. The number of ether oxygens (including phenoxy) is 1. The van der Waals surface area contributed by atoms with Gasteiger partial charge in [-0.2, -0.15) is 0 Å². The van der Waals surface area contributed by atoms with Gasteiger partial charge in [0.25, 0.3) is 0 Å². The molecule has 0 amide bonds. The third-order valence-electron chi connectivity index (χ3n) is 4.12. The lowest BCUT2D eigenvalue weighted by Crippen LogP contribution is -2.49. The molecule has 1 aliphatic rings. The van der Waals surface area contributed by atoms with E-state index in [1.54, 1.807) is 0 Å². The van der Waals surface area contributed by atoms with E-state index in [-0.39, 0.29) is 0 Å². The number of nitrogens with one attached hydrogen (secondary N) is 1. The van der Waals surface area contributed by atoms with Gasteiger partial charge in [0.15, 0.2) is 0 Å². The smallest absolute Gasteiger partial charge is 0.0700 e. The van der Waals surface area contributed by atoms with Crippen LogP contribution in [0.25, 0.3) is 0 Å². The van der Waals surface area contributed by atoms with Gasteiger partial charge in [-0.05, 0) is 31.2 Å². The van der Waals surface area contributed by atoms with Crippen LogP contribution in [-0.4, -0.2) is 50.3 Å². The quantitative estimate of drug-likeness (QED) is 0.675. The molecule has 0 aliphatic carbocycles. The van der Waals surface area contributed by atoms with E-state index in [1.165, 1.54) is 19.4 Å². The second-order valence-electron chi connectivity index (χ2n) is 5.98. The topological polar surface area (TPSA) is 24.5 Å². The van der Waals surface area contributed by atoms with Crippen LogP contribution in [0.5, 0.6) is 0 Å². The summed E-state index contributed by atoms with van der Waals surface area (Å²) in [6, 6.07) is 0. The minimum atomic E-state index is 0.394. The van der Waals surface area contributed by atoms with Crippen LogP contribution >= 0.6 is 0 Å². The van der Waals surface area contributed by atoms with Crippen LogP contribution in [0, 0.1) is 5.41 Å². The minimum absolute atomic E-state index is 0.394. The second kappa shape index (κ2) is 8.13. The van der Waals surface area contributed by atoms with Gasteiger partial charge in [0, 0.05) is 26.2 Å². The Bertz CT molecular complexity index is 223. The Morgan fingerprint density at radius 1 is 1.33 bits per heavy atom. The fraction of sp³-hybridized carbons (Fsp3) is 1.00. The predicted molar refractivity (Wildman–Crippen MR) is 78.0 cm³/mol. The van der Waals surface area contributed by atoms with Crippen molar-refractivity contribution < 1.29 is 4.74 Å². The summed E-state index contributed by atoms with van der Waals surface area (Å²) in [4.78, 5) is 2.59. The molecule has 3 nitrogen and oxygen atoms in total. The minimum Gasteiger partial charge on any atom is -0.376 e. The lowest BCUT2D eigenvalue weighted by molar-refractivity contribution is -0.0412. The zero-order valence-electron chi connectivity index (χ0n) is 12.8. The highest BCUT2D eigenvalue weighted by Gasteiger charge is 2.28. The number of hydrogen-bond acceptors (Lipinski definition) is 3. The molecule has 1 rings (SSSR count). The molecule has 2 unspecified atom stereocenters. The van der Waals surface area contributed by atoms with Gasteiger partial charge in [-0.15, -0.1) is 0 Å². The van der Waals surface area contributed by atoms with Crippen LogP contribution < -0.4 is 5.32 Å². The molecule has 0 spiro atoms. The Kier molecular flexibility index (Phi) is 7.20. The lowest BCUT2D eigenvalue weighted by Gasteiger charge is -2.39. The van der Waals surface area contributed by atoms with E-state index in [0.29, 0.717) is 11.5 Å². The van der Waals surface area contributed by atoms with Gasteiger partial charge in [-0.3, -0.25) is 4.90 Å². The number of nitrogens with zero attached hydrogens (tertiary/aromatic N) is 1. The van der Waals surface area contributed by atoms with Gasteiger partial charge in [0.2, 0.25) is 0 Å². The zero-order valence-corrected chi connectivity index (χ0v) is 12.8. The average molecular weight is 256 g/mol. The van der Waals surface area contributed by atoms with Gasteiger partial charge in [0.1, 0.15) is 0 Å². The highest BCUT2D eigenvalue weighted by Crippen LogP contribution is 2.23. The van der Waals surface area contributed by atoms with E-state index in [9.17, 15) is 0 Å². The van der Waals surface area contributed by atoms with Crippen LogP contribution in [-0.2, 0) is 4.74 Å². The summed E-state index contributed by atoms with van der Waals surface area (Å²) in [5.41, 5.74) is 0.394. The third kappa shape index (κ3) is 5.25. The van der Waals surface area contributed by atoms with E-state index in [2.05, 4.69) is 37.9 Å². The van der Waals surface area contributed by atoms with E-state index in [0.717, 1.165) is 39.2 Å². The molecule has 1 heterocycles. The Morgan fingerprint density at radius 3 is 2.72 bits per heavy atom. The first-order valence-corrected chi connectivity index (χ1v) is 7.68. The summed E-state index contributed by atoms with van der Waals surface area (Å²) in [7, 11) is 0. The van der Waals surface area contributed by atoms with Crippen molar-refractivity contribution in [3.8, 4) is 0 Å². The predicted octanol–water partition coefficient (Wildman–Crippen LogP) is 2.51.